The molecule has 0 saturated carbocycles. The smallest absolute Gasteiger partial charge is 0.225 e. The molecule has 11 nitrogen and oxygen atoms in total. The molecule has 0 bridgehead atoms. The molecule has 2 aliphatic rings. The van der Waals surface area contributed by atoms with Gasteiger partial charge in [0.2, 0.25) is 5.95 Å². The molecule has 42 heavy (non-hydrogen) atoms. The van der Waals surface area contributed by atoms with E-state index in [1.807, 2.05) is 23.8 Å². The summed E-state index contributed by atoms with van der Waals surface area (Å²) in [4.78, 5) is 15.9. The Kier molecular flexibility index (Phi) is 6.53. The minimum Gasteiger partial charge on any atom is -0.388 e. The van der Waals surface area contributed by atoms with E-state index in [2.05, 4.69) is 42.2 Å². The Balaban J connectivity index is 1.09. The number of aromatic nitrogens is 7. The minimum absolute atomic E-state index is 0.184. The SMILES string of the molecule is C[C@](N)(c1ccc(F)cc1)c1cnc(N2CC=C(c3ncnn4cc(-c5cnn([C@H]6COC[C@@H]6O)c5)cc34)CC2)nc1. The molecule has 0 amide bonds. The van der Waals surface area contributed by atoms with Crippen LogP contribution in [0.1, 0.15) is 36.2 Å². The first-order valence-electron chi connectivity index (χ1n) is 13.8. The lowest BCUT2D eigenvalue weighted by atomic mass is 9.87. The van der Waals surface area contributed by atoms with Crippen LogP contribution < -0.4 is 10.6 Å². The molecule has 214 valence electrons. The number of hydrogen-bond donors (Lipinski definition) is 2. The molecule has 1 aromatic carbocycles. The van der Waals surface area contributed by atoms with Crippen molar-refractivity contribution in [2.45, 2.75) is 31.0 Å². The predicted octanol–water partition coefficient (Wildman–Crippen LogP) is 2.97. The highest BCUT2D eigenvalue weighted by atomic mass is 19.1. The van der Waals surface area contributed by atoms with Crippen molar-refractivity contribution in [1.82, 2.24) is 34.3 Å². The van der Waals surface area contributed by atoms with Gasteiger partial charge in [0.15, 0.2) is 0 Å². The van der Waals surface area contributed by atoms with Crippen LogP contribution in [0.5, 0.6) is 0 Å². The van der Waals surface area contributed by atoms with E-state index in [-0.39, 0.29) is 11.9 Å². The Morgan fingerprint density at radius 1 is 1.00 bits per heavy atom. The number of benzene rings is 1. The first kappa shape index (κ1) is 26.4. The van der Waals surface area contributed by atoms with Crippen molar-refractivity contribution < 1.29 is 14.2 Å². The molecule has 5 aromatic rings. The standard InChI is InChI=1S/C30H30FN9O2/c1-30(32,22-2-4-24(31)5-3-22)23-12-33-29(34-13-23)38-8-6-19(7-9-38)28-25-10-20(14-39(25)37-18-35-28)21-11-36-40(15-21)26-16-42-17-27(26)41/h2-6,10-15,18,26-27,41H,7-9,16-17,32H2,1H3/t26-,27-,30-/m0/s1. The number of halogens is 1. The summed E-state index contributed by atoms with van der Waals surface area (Å²) in [5.74, 6) is 0.319. The zero-order valence-corrected chi connectivity index (χ0v) is 23.0. The second-order valence-electron chi connectivity index (χ2n) is 11.0. The summed E-state index contributed by atoms with van der Waals surface area (Å²) in [6.45, 7) is 3.99. The molecule has 7 rings (SSSR count). The maximum atomic E-state index is 13.4. The van der Waals surface area contributed by atoms with Crippen LogP contribution in [0.4, 0.5) is 10.3 Å². The third-order valence-electron chi connectivity index (χ3n) is 8.18. The first-order chi connectivity index (χ1) is 20.4. The molecule has 0 radical (unpaired) electrons. The highest BCUT2D eigenvalue weighted by molar-refractivity contribution is 5.80. The van der Waals surface area contributed by atoms with Crippen LogP contribution in [0.15, 0.2) is 73.7 Å². The summed E-state index contributed by atoms with van der Waals surface area (Å²) in [6, 6.07) is 8.06. The maximum absolute atomic E-state index is 13.4. The number of anilines is 1. The second-order valence-corrected chi connectivity index (χ2v) is 11.0. The van der Waals surface area contributed by atoms with Crippen LogP contribution in [0.3, 0.4) is 0 Å². The second kappa shape index (κ2) is 10.4. The van der Waals surface area contributed by atoms with Crippen LogP contribution >= 0.6 is 0 Å². The van der Waals surface area contributed by atoms with Gasteiger partial charge in [-0.25, -0.2) is 23.9 Å². The van der Waals surface area contributed by atoms with E-state index in [9.17, 15) is 9.50 Å². The van der Waals surface area contributed by atoms with Gasteiger partial charge >= 0.3 is 0 Å². The van der Waals surface area contributed by atoms with Crippen molar-refractivity contribution >= 4 is 17.0 Å². The Hall–Kier alpha value is -4.52. The molecule has 2 aliphatic heterocycles. The van der Waals surface area contributed by atoms with Gasteiger partial charge in [0.1, 0.15) is 24.3 Å². The largest absolute Gasteiger partial charge is 0.388 e. The zero-order chi connectivity index (χ0) is 28.8. The molecule has 0 spiro atoms. The molecule has 6 heterocycles. The molecule has 0 unspecified atom stereocenters. The van der Waals surface area contributed by atoms with Crippen molar-refractivity contribution in [2.24, 2.45) is 5.73 Å². The van der Waals surface area contributed by atoms with Gasteiger partial charge in [-0.05, 0) is 42.7 Å². The minimum atomic E-state index is -0.847. The van der Waals surface area contributed by atoms with Gasteiger partial charge < -0.3 is 20.5 Å². The summed E-state index contributed by atoms with van der Waals surface area (Å²) >= 11 is 0. The monoisotopic (exact) mass is 567 g/mol. The first-order valence-corrected chi connectivity index (χ1v) is 13.8. The fourth-order valence-corrected chi connectivity index (χ4v) is 5.57. The topological polar surface area (TPSA) is 133 Å². The van der Waals surface area contributed by atoms with Crippen LogP contribution in [-0.4, -0.2) is 71.9 Å². The fraction of sp³-hybridized carbons (Fsp3) is 0.300. The molecule has 3 N–H and O–H groups in total. The number of rotatable bonds is 6. The third-order valence-corrected chi connectivity index (χ3v) is 8.18. The van der Waals surface area contributed by atoms with Crippen molar-refractivity contribution in [2.75, 3.05) is 31.2 Å². The molecule has 4 aromatic heterocycles. The van der Waals surface area contributed by atoms with Crippen molar-refractivity contribution in [3.05, 3.63) is 96.4 Å². The van der Waals surface area contributed by atoms with Gasteiger partial charge in [-0.2, -0.15) is 10.2 Å². The van der Waals surface area contributed by atoms with E-state index in [0.29, 0.717) is 25.7 Å². The highest BCUT2D eigenvalue weighted by Gasteiger charge is 2.29. The Morgan fingerprint density at radius 2 is 1.81 bits per heavy atom. The highest BCUT2D eigenvalue weighted by Crippen LogP contribution is 2.31. The number of nitrogens with zero attached hydrogens (tertiary/aromatic N) is 8. The number of fused-ring (bicyclic) bond motifs is 1. The van der Waals surface area contributed by atoms with E-state index in [1.54, 1.807) is 41.7 Å². The molecule has 12 heteroatoms. The number of ether oxygens (including phenoxy) is 1. The normalized spacial score (nSPS) is 20.6. The van der Waals surface area contributed by atoms with E-state index in [1.165, 1.54) is 12.1 Å². The van der Waals surface area contributed by atoms with Gasteiger partial charge in [0.05, 0.1) is 36.2 Å². The van der Waals surface area contributed by atoms with Gasteiger partial charge in [-0.15, -0.1) is 0 Å². The third kappa shape index (κ3) is 4.73. The van der Waals surface area contributed by atoms with Crippen LogP contribution in [-0.2, 0) is 10.3 Å². The molecule has 1 fully saturated rings. The molecular weight excluding hydrogens is 537 g/mol. The van der Waals surface area contributed by atoms with E-state index in [0.717, 1.165) is 52.0 Å². The number of nitrogens with two attached hydrogens (primary N) is 1. The zero-order valence-electron chi connectivity index (χ0n) is 23.0. The molecule has 0 aliphatic carbocycles. The summed E-state index contributed by atoms with van der Waals surface area (Å²) in [5.41, 5.74) is 12.1. The van der Waals surface area contributed by atoms with Crippen molar-refractivity contribution in [1.29, 1.82) is 0 Å². The van der Waals surface area contributed by atoms with Crippen molar-refractivity contribution in [3.8, 4) is 11.1 Å². The maximum Gasteiger partial charge on any atom is 0.225 e. The summed E-state index contributed by atoms with van der Waals surface area (Å²) in [7, 11) is 0. The van der Waals surface area contributed by atoms with Crippen LogP contribution in [0, 0.1) is 5.82 Å². The number of aliphatic hydroxyl groups excluding tert-OH is 1. The van der Waals surface area contributed by atoms with Gasteiger partial charge in [0.25, 0.3) is 0 Å². The summed E-state index contributed by atoms with van der Waals surface area (Å²) in [6.07, 6.45) is 13.1. The van der Waals surface area contributed by atoms with Gasteiger partial charge in [0, 0.05) is 54.6 Å². The fourth-order valence-electron chi connectivity index (χ4n) is 5.57. The van der Waals surface area contributed by atoms with Gasteiger partial charge in [-0.3, -0.25) is 4.68 Å². The summed E-state index contributed by atoms with van der Waals surface area (Å²) < 4.78 is 22.4. The Morgan fingerprint density at radius 3 is 2.52 bits per heavy atom. The molecule has 3 atom stereocenters. The Labute approximate surface area is 241 Å². The predicted molar refractivity (Wildman–Crippen MR) is 154 cm³/mol. The van der Waals surface area contributed by atoms with E-state index >= 15 is 0 Å². The van der Waals surface area contributed by atoms with E-state index in [4.69, 9.17) is 10.5 Å². The number of aliphatic hydroxyl groups is 1. The average Bonchev–Trinajstić information content (AvgIpc) is 3.77. The lowest BCUT2D eigenvalue weighted by Gasteiger charge is -2.28. The quantitative estimate of drug-likeness (QED) is 0.318. The molecular formula is C30H30FN9O2. The Bertz CT molecular complexity index is 1760. The van der Waals surface area contributed by atoms with Gasteiger partial charge in [-0.1, -0.05) is 18.2 Å². The van der Waals surface area contributed by atoms with Crippen LogP contribution in [0.25, 0.3) is 22.2 Å². The summed E-state index contributed by atoms with van der Waals surface area (Å²) in [5, 5.41) is 19.1. The lowest BCUT2D eigenvalue weighted by Crippen LogP contribution is -2.35. The lowest BCUT2D eigenvalue weighted by molar-refractivity contribution is 0.118. The average molecular weight is 568 g/mol. The van der Waals surface area contributed by atoms with E-state index < -0.39 is 11.6 Å². The molecule has 1 saturated heterocycles. The van der Waals surface area contributed by atoms with Crippen molar-refractivity contribution in [3.63, 3.8) is 0 Å². The number of hydrogen-bond acceptors (Lipinski definition) is 9. The van der Waals surface area contributed by atoms with Crippen LogP contribution in [0.2, 0.25) is 0 Å².